The number of aromatic amines is 2. The van der Waals surface area contributed by atoms with Gasteiger partial charge in [-0.05, 0) is 29.8 Å². The van der Waals surface area contributed by atoms with E-state index >= 15 is 0 Å². The monoisotopic (exact) mass is 365 g/mol. The number of amides is 1. The van der Waals surface area contributed by atoms with Gasteiger partial charge >= 0.3 is 5.69 Å². The quantitative estimate of drug-likeness (QED) is 0.699. The van der Waals surface area contributed by atoms with E-state index in [2.05, 4.69) is 9.97 Å². The number of ether oxygens (including phenoxy) is 1. The third kappa shape index (κ3) is 4.94. The van der Waals surface area contributed by atoms with Gasteiger partial charge in [0.15, 0.2) is 0 Å². The Morgan fingerprint density at radius 3 is 2.33 bits per heavy atom. The number of carbonyl (C=O) groups excluding carboxylic acids is 1. The average Bonchev–Trinajstić information content (AvgIpc) is 2.66. The van der Waals surface area contributed by atoms with Crippen LogP contribution in [0.2, 0.25) is 0 Å². The number of para-hydroxylation sites is 1. The van der Waals surface area contributed by atoms with E-state index in [1.807, 2.05) is 54.6 Å². The molecule has 3 rings (SSSR count). The van der Waals surface area contributed by atoms with Crippen LogP contribution in [0.1, 0.15) is 11.1 Å². The van der Waals surface area contributed by atoms with Crippen LogP contribution in [-0.4, -0.2) is 27.8 Å². The lowest BCUT2D eigenvalue weighted by atomic mass is 10.2. The fourth-order valence-corrected chi connectivity index (χ4v) is 2.52. The summed E-state index contributed by atoms with van der Waals surface area (Å²) in [6, 6.07) is 16.9. The summed E-state index contributed by atoms with van der Waals surface area (Å²) in [5, 5.41) is 0. The minimum atomic E-state index is -0.595. The van der Waals surface area contributed by atoms with Crippen molar-refractivity contribution in [3.63, 3.8) is 0 Å². The molecule has 0 aliphatic rings. The summed E-state index contributed by atoms with van der Waals surface area (Å²) in [4.78, 5) is 41.0. The van der Waals surface area contributed by atoms with Gasteiger partial charge in [-0.25, -0.2) is 4.79 Å². The van der Waals surface area contributed by atoms with E-state index in [9.17, 15) is 14.4 Å². The lowest BCUT2D eigenvalue weighted by Gasteiger charge is -2.17. The van der Waals surface area contributed by atoms with Gasteiger partial charge in [-0.15, -0.1) is 0 Å². The highest BCUT2D eigenvalue weighted by molar-refractivity contribution is 5.78. The molecule has 0 radical (unpaired) electrons. The number of hydrogen-bond donors (Lipinski definition) is 2. The van der Waals surface area contributed by atoms with Crippen LogP contribution in [0, 0.1) is 0 Å². The maximum Gasteiger partial charge on any atom is 0.325 e. The molecule has 138 valence electrons. The Bertz CT molecular complexity index is 1020. The van der Waals surface area contributed by atoms with Crippen LogP contribution < -0.4 is 16.0 Å². The molecule has 2 aromatic carbocycles. The van der Waals surface area contributed by atoms with Gasteiger partial charge in [0, 0.05) is 25.4 Å². The molecule has 1 aromatic heterocycles. The van der Waals surface area contributed by atoms with Gasteiger partial charge in [-0.1, -0.05) is 30.3 Å². The lowest BCUT2D eigenvalue weighted by Crippen LogP contribution is -2.32. The van der Waals surface area contributed by atoms with Crippen molar-refractivity contribution in [2.24, 2.45) is 0 Å². The predicted octanol–water partition coefficient (Wildman–Crippen LogP) is 2.06. The van der Waals surface area contributed by atoms with Gasteiger partial charge in [0.1, 0.15) is 11.5 Å². The summed E-state index contributed by atoms with van der Waals surface area (Å²) in [6.07, 6.45) is 1.18. The van der Waals surface area contributed by atoms with Crippen molar-refractivity contribution in [2.75, 3.05) is 7.05 Å². The summed E-state index contributed by atoms with van der Waals surface area (Å²) in [5.41, 5.74) is 0.00461. The first-order valence-corrected chi connectivity index (χ1v) is 8.38. The number of aromatic nitrogens is 2. The van der Waals surface area contributed by atoms with Crippen molar-refractivity contribution < 1.29 is 9.53 Å². The molecule has 0 spiro atoms. The smallest absolute Gasteiger partial charge is 0.325 e. The van der Waals surface area contributed by atoms with Crippen LogP contribution in [0.3, 0.4) is 0 Å². The number of rotatable bonds is 6. The molecule has 0 saturated carbocycles. The Morgan fingerprint density at radius 2 is 1.67 bits per heavy atom. The summed E-state index contributed by atoms with van der Waals surface area (Å²) in [6.45, 7) is 0.395. The molecule has 0 atom stereocenters. The SMILES string of the molecule is CN(Cc1ccc(Oc2ccccc2)cc1)C(=O)Cc1c[nH]c(=O)[nH]c1=O. The van der Waals surface area contributed by atoms with Crippen LogP contribution in [0.15, 0.2) is 70.4 Å². The van der Waals surface area contributed by atoms with Crippen LogP contribution in [0.4, 0.5) is 0 Å². The summed E-state index contributed by atoms with van der Waals surface area (Å²) < 4.78 is 5.74. The van der Waals surface area contributed by atoms with Crippen molar-refractivity contribution in [2.45, 2.75) is 13.0 Å². The zero-order chi connectivity index (χ0) is 19.2. The van der Waals surface area contributed by atoms with Crippen LogP contribution in [-0.2, 0) is 17.8 Å². The zero-order valence-corrected chi connectivity index (χ0v) is 14.8. The molecule has 0 fully saturated rings. The summed E-state index contributed by atoms with van der Waals surface area (Å²) in [7, 11) is 1.66. The molecule has 7 nitrogen and oxygen atoms in total. The largest absolute Gasteiger partial charge is 0.457 e. The van der Waals surface area contributed by atoms with E-state index in [0.29, 0.717) is 12.3 Å². The summed E-state index contributed by atoms with van der Waals surface area (Å²) in [5.74, 6) is 1.24. The van der Waals surface area contributed by atoms with E-state index in [4.69, 9.17) is 4.74 Å². The van der Waals surface area contributed by atoms with Gasteiger partial charge in [-0.3, -0.25) is 14.6 Å². The maximum atomic E-state index is 12.3. The molecule has 1 heterocycles. The number of hydrogen-bond acceptors (Lipinski definition) is 4. The third-order valence-electron chi connectivity index (χ3n) is 3.99. The van der Waals surface area contributed by atoms with E-state index < -0.39 is 11.2 Å². The Hall–Kier alpha value is -3.61. The van der Waals surface area contributed by atoms with Crippen molar-refractivity contribution >= 4 is 5.91 Å². The molecule has 2 N–H and O–H groups in total. The number of benzene rings is 2. The highest BCUT2D eigenvalue weighted by Crippen LogP contribution is 2.21. The second-order valence-corrected chi connectivity index (χ2v) is 6.08. The fourth-order valence-electron chi connectivity index (χ4n) is 2.52. The van der Waals surface area contributed by atoms with Gasteiger partial charge in [0.2, 0.25) is 5.91 Å². The topological polar surface area (TPSA) is 95.3 Å². The standard InChI is InChI=1S/C20H19N3O4/c1-23(18(24)11-15-12-21-20(26)22-19(15)25)13-14-7-9-17(10-8-14)27-16-5-3-2-4-6-16/h2-10,12H,11,13H2,1H3,(H2,21,22,25,26). The second-order valence-electron chi connectivity index (χ2n) is 6.08. The molecule has 3 aromatic rings. The normalized spacial score (nSPS) is 10.4. The van der Waals surface area contributed by atoms with E-state index in [0.717, 1.165) is 11.3 Å². The first-order valence-electron chi connectivity index (χ1n) is 8.38. The molecular weight excluding hydrogens is 346 g/mol. The molecule has 0 aliphatic heterocycles. The number of nitrogens with zero attached hydrogens (tertiary/aromatic N) is 1. The van der Waals surface area contributed by atoms with E-state index in [1.165, 1.54) is 11.1 Å². The molecule has 7 heteroatoms. The van der Waals surface area contributed by atoms with Gasteiger partial charge < -0.3 is 14.6 Å². The maximum absolute atomic E-state index is 12.3. The Labute approximate surface area is 155 Å². The molecule has 0 saturated heterocycles. The van der Waals surface area contributed by atoms with Crippen molar-refractivity contribution in [1.29, 1.82) is 0 Å². The molecule has 0 aliphatic carbocycles. The number of carbonyl (C=O) groups is 1. The fraction of sp³-hybridized carbons (Fsp3) is 0.150. The van der Waals surface area contributed by atoms with E-state index in [-0.39, 0.29) is 17.9 Å². The number of nitrogens with one attached hydrogen (secondary N) is 2. The Morgan fingerprint density at radius 1 is 1.00 bits per heavy atom. The molecule has 0 unspecified atom stereocenters. The van der Waals surface area contributed by atoms with Crippen LogP contribution in [0.25, 0.3) is 0 Å². The minimum absolute atomic E-state index is 0.0855. The zero-order valence-electron chi connectivity index (χ0n) is 14.8. The minimum Gasteiger partial charge on any atom is -0.457 e. The molecule has 0 bridgehead atoms. The molecule has 27 heavy (non-hydrogen) atoms. The first-order chi connectivity index (χ1) is 13.0. The van der Waals surface area contributed by atoms with Crippen LogP contribution in [0.5, 0.6) is 11.5 Å². The van der Waals surface area contributed by atoms with Gasteiger partial charge in [0.25, 0.3) is 5.56 Å². The van der Waals surface area contributed by atoms with Crippen molar-refractivity contribution in [1.82, 2.24) is 14.9 Å². The molecular formula is C20H19N3O4. The second kappa shape index (κ2) is 8.18. The first kappa shape index (κ1) is 18.2. The molecule has 1 amide bonds. The van der Waals surface area contributed by atoms with Gasteiger partial charge in [-0.2, -0.15) is 0 Å². The number of likely N-dealkylation sites (N-methyl/N-ethyl adjacent to an activating group) is 1. The Kier molecular flexibility index (Phi) is 5.51. The van der Waals surface area contributed by atoms with Crippen molar-refractivity contribution in [3.05, 3.63) is 92.8 Å². The lowest BCUT2D eigenvalue weighted by molar-refractivity contribution is -0.129. The third-order valence-corrected chi connectivity index (χ3v) is 3.99. The van der Waals surface area contributed by atoms with Gasteiger partial charge in [0.05, 0.1) is 6.42 Å². The average molecular weight is 365 g/mol. The summed E-state index contributed by atoms with van der Waals surface area (Å²) >= 11 is 0. The highest BCUT2D eigenvalue weighted by atomic mass is 16.5. The Balaban J connectivity index is 1.60. The van der Waals surface area contributed by atoms with Crippen molar-refractivity contribution in [3.8, 4) is 11.5 Å². The predicted molar refractivity (Wildman–Crippen MR) is 101 cm³/mol. The van der Waals surface area contributed by atoms with E-state index in [1.54, 1.807) is 7.05 Å². The van der Waals surface area contributed by atoms with Crippen LogP contribution >= 0.6 is 0 Å². The highest BCUT2D eigenvalue weighted by Gasteiger charge is 2.13. The number of H-pyrrole nitrogens is 2.